The monoisotopic (exact) mass is 223 g/mol. The summed E-state index contributed by atoms with van der Waals surface area (Å²) in [5, 5.41) is 0. The van der Waals surface area contributed by atoms with Crippen LogP contribution in [0.15, 0.2) is 12.4 Å². The van der Waals surface area contributed by atoms with Gasteiger partial charge in [-0.25, -0.2) is 4.98 Å². The van der Waals surface area contributed by atoms with Gasteiger partial charge in [0.2, 0.25) is 5.78 Å². The van der Waals surface area contributed by atoms with E-state index in [0.29, 0.717) is 19.0 Å². The molecule has 2 unspecified atom stereocenters. The average molecular weight is 223 g/mol. The fourth-order valence-electron chi connectivity index (χ4n) is 1.95. The van der Waals surface area contributed by atoms with Crippen LogP contribution in [0.4, 0.5) is 0 Å². The number of carbonyl (C=O) groups excluding carboxylic acids is 1. The molecule has 0 amide bonds. The number of hydrogen-bond donors (Lipinski definition) is 1. The van der Waals surface area contributed by atoms with Crippen LogP contribution in [0, 0.1) is 5.41 Å². The van der Waals surface area contributed by atoms with Crippen LogP contribution < -0.4 is 5.73 Å². The zero-order valence-corrected chi connectivity index (χ0v) is 9.64. The Morgan fingerprint density at radius 3 is 3.12 bits per heavy atom. The first kappa shape index (κ1) is 11.3. The molecule has 0 aliphatic carbocycles. The highest BCUT2D eigenvalue weighted by atomic mass is 16.5. The van der Waals surface area contributed by atoms with E-state index in [9.17, 15) is 4.79 Å². The molecule has 2 N–H and O–H groups in total. The third-order valence-electron chi connectivity index (χ3n) is 3.30. The Morgan fingerprint density at radius 2 is 2.56 bits per heavy atom. The third kappa shape index (κ3) is 1.56. The fourth-order valence-corrected chi connectivity index (χ4v) is 1.95. The molecule has 2 rings (SSSR count). The maximum Gasteiger partial charge on any atom is 0.208 e. The Bertz CT molecular complexity index is 402. The van der Waals surface area contributed by atoms with Crippen molar-refractivity contribution in [3.05, 3.63) is 18.2 Å². The van der Waals surface area contributed by atoms with E-state index in [1.165, 1.54) is 0 Å². The molecule has 2 heterocycles. The lowest BCUT2D eigenvalue weighted by molar-refractivity contribution is 0.0751. The van der Waals surface area contributed by atoms with E-state index in [4.69, 9.17) is 10.5 Å². The Morgan fingerprint density at radius 1 is 1.81 bits per heavy atom. The molecule has 0 saturated carbocycles. The minimum Gasteiger partial charge on any atom is -0.379 e. The molecule has 0 spiro atoms. The van der Waals surface area contributed by atoms with Crippen LogP contribution in [-0.2, 0) is 11.3 Å². The SMILES string of the molecule is CCn1ccnc1C(=O)C1(C)COCC1N. The van der Waals surface area contributed by atoms with Crippen molar-refractivity contribution in [2.75, 3.05) is 13.2 Å². The van der Waals surface area contributed by atoms with E-state index in [0.717, 1.165) is 6.54 Å². The Hall–Kier alpha value is -1.20. The number of nitrogens with zero attached hydrogens (tertiary/aromatic N) is 2. The molecule has 0 bridgehead atoms. The van der Waals surface area contributed by atoms with E-state index in [2.05, 4.69) is 4.98 Å². The second kappa shape index (κ2) is 3.99. The molecule has 1 fully saturated rings. The maximum absolute atomic E-state index is 12.4. The van der Waals surface area contributed by atoms with Gasteiger partial charge in [0.15, 0.2) is 5.82 Å². The minimum atomic E-state index is -0.641. The molecular formula is C11H17N3O2. The number of aryl methyl sites for hydroxylation is 1. The molecule has 0 radical (unpaired) electrons. The number of ether oxygens (including phenoxy) is 1. The van der Waals surface area contributed by atoms with Crippen LogP contribution >= 0.6 is 0 Å². The maximum atomic E-state index is 12.4. The molecule has 1 saturated heterocycles. The first-order valence-corrected chi connectivity index (χ1v) is 5.49. The van der Waals surface area contributed by atoms with E-state index >= 15 is 0 Å². The smallest absolute Gasteiger partial charge is 0.208 e. The molecule has 1 aromatic heterocycles. The molecule has 88 valence electrons. The molecule has 2 atom stereocenters. The van der Waals surface area contributed by atoms with Gasteiger partial charge in [-0.2, -0.15) is 0 Å². The van der Waals surface area contributed by atoms with Crippen molar-refractivity contribution < 1.29 is 9.53 Å². The summed E-state index contributed by atoms with van der Waals surface area (Å²) < 4.78 is 7.11. The summed E-state index contributed by atoms with van der Waals surface area (Å²) >= 11 is 0. The number of rotatable bonds is 3. The highest BCUT2D eigenvalue weighted by Gasteiger charge is 2.45. The molecule has 1 aliphatic heterocycles. The summed E-state index contributed by atoms with van der Waals surface area (Å²) in [5.74, 6) is 0.454. The van der Waals surface area contributed by atoms with Crippen molar-refractivity contribution in [3.63, 3.8) is 0 Å². The molecule has 1 aliphatic rings. The van der Waals surface area contributed by atoms with Crippen molar-refractivity contribution in [3.8, 4) is 0 Å². The van der Waals surface area contributed by atoms with Crippen LogP contribution in [0.25, 0.3) is 0 Å². The molecule has 0 aromatic carbocycles. The number of nitrogens with two attached hydrogens (primary N) is 1. The zero-order valence-electron chi connectivity index (χ0n) is 9.64. The Kier molecular flexibility index (Phi) is 2.82. The van der Waals surface area contributed by atoms with Crippen molar-refractivity contribution in [1.29, 1.82) is 0 Å². The quantitative estimate of drug-likeness (QED) is 0.755. The second-order valence-electron chi connectivity index (χ2n) is 4.41. The molecule has 5 nitrogen and oxygen atoms in total. The van der Waals surface area contributed by atoms with Gasteiger partial charge in [-0.05, 0) is 13.8 Å². The number of aromatic nitrogens is 2. The fraction of sp³-hybridized carbons (Fsp3) is 0.636. The van der Waals surface area contributed by atoms with Gasteiger partial charge in [-0.1, -0.05) is 0 Å². The number of Topliss-reactive ketones (excluding diaryl/α,β-unsaturated/α-hetero) is 1. The predicted octanol–water partition coefficient (Wildman–Crippen LogP) is 0.449. The van der Waals surface area contributed by atoms with E-state index in [-0.39, 0.29) is 11.8 Å². The highest BCUT2D eigenvalue weighted by Crippen LogP contribution is 2.30. The molecular weight excluding hydrogens is 206 g/mol. The van der Waals surface area contributed by atoms with Crippen LogP contribution in [0.2, 0.25) is 0 Å². The van der Waals surface area contributed by atoms with Gasteiger partial charge in [0.1, 0.15) is 0 Å². The number of imidazole rings is 1. The normalized spacial score (nSPS) is 29.6. The second-order valence-corrected chi connectivity index (χ2v) is 4.41. The summed E-state index contributed by atoms with van der Waals surface area (Å²) in [6.07, 6.45) is 3.44. The molecule has 16 heavy (non-hydrogen) atoms. The van der Waals surface area contributed by atoms with Gasteiger partial charge in [-0.3, -0.25) is 4.79 Å². The zero-order chi connectivity index (χ0) is 11.8. The van der Waals surface area contributed by atoms with Crippen LogP contribution in [0.3, 0.4) is 0 Å². The van der Waals surface area contributed by atoms with Gasteiger partial charge >= 0.3 is 0 Å². The molecule has 5 heteroatoms. The summed E-state index contributed by atoms with van der Waals surface area (Å²) in [4.78, 5) is 16.5. The van der Waals surface area contributed by atoms with Crippen LogP contribution in [-0.4, -0.2) is 34.6 Å². The van der Waals surface area contributed by atoms with Crippen molar-refractivity contribution in [2.45, 2.75) is 26.4 Å². The van der Waals surface area contributed by atoms with Crippen molar-refractivity contribution >= 4 is 5.78 Å². The Balaban J connectivity index is 2.32. The lowest BCUT2D eigenvalue weighted by Gasteiger charge is -2.24. The number of carbonyl (C=O) groups is 1. The van der Waals surface area contributed by atoms with Crippen molar-refractivity contribution in [2.24, 2.45) is 11.1 Å². The van der Waals surface area contributed by atoms with Crippen molar-refractivity contribution in [1.82, 2.24) is 9.55 Å². The first-order chi connectivity index (χ1) is 7.59. The van der Waals surface area contributed by atoms with Gasteiger partial charge in [0.05, 0.1) is 18.6 Å². The topological polar surface area (TPSA) is 70.1 Å². The minimum absolute atomic E-state index is 0.0237. The van der Waals surface area contributed by atoms with Crippen LogP contribution in [0.1, 0.15) is 24.5 Å². The standard InChI is InChI=1S/C11H17N3O2/c1-3-14-5-4-13-10(14)9(15)11(2)7-16-6-8(11)12/h4-5,8H,3,6-7,12H2,1-2H3. The lowest BCUT2D eigenvalue weighted by atomic mass is 9.81. The van der Waals surface area contributed by atoms with E-state index in [1.54, 1.807) is 12.4 Å². The van der Waals surface area contributed by atoms with Gasteiger partial charge < -0.3 is 15.0 Å². The summed E-state index contributed by atoms with van der Waals surface area (Å²) in [5.41, 5.74) is 5.29. The van der Waals surface area contributed by atoms with Gasteiger partial charge in [-0.15, -0.1) is 0 Å². The van der Waals surface area contributed by atoms with Gasteiger partial charge in [0, 0.05) is 25.0 Å². The average Bonchev–Trinajstić information content (AvgIpc) is 2.86. The summed E-state index contributed by atoms with van der Waals surface area (Å²) in [7, 11) is 0. The molecule has 1 aromatic rings. The lowest BCUT2D eigenvalue weighted by Crippen LogP contribution is -2.45. The first-order valence-electron chi connectivity index (χ1n) is 5.49. The number of ketones is 1. The third-order valence-corrected chi connectivity index (χ3v) is 3.30. The summed E-state index contributed by atoms with van der Waals surface area (Å²) in [6, 6.07) is -0.248. The summed E-state index contributed by atoms with van der Waals surface area (Å²) in [6.45, 7) is 5.37. The Labute approximate surface area is 94.6 Å². The van der Waals surface area contributed by atoms with Gasteiger partial charge in [0.25, 0.3) is 0 Å². The van der Waals surface area contributed by atoms with Crippen LogP contribution in [0.5, 0.6) is 0 Å². The number of hydrogen-bond acceptors (Lipinski definition) is 4. The predicted molar refractivity (Wildman–Crippen MR) is 59.1 cm³/mol. The van der Waals surface area contributed by atoms with E-state index < -0.39 is 5.41 Å². The largest absolute Gasteiger partial charge is 0.379 e. The highest BCUT2D eigenvalue weighted by molar-refractivity contribution is 5.98. The van der Waals surface area contributed by atoms with E-state index in [1.807, 2.05) is 18.4 Å².